The van der Waals surface area contributed by atoms with Crippen molar-refractivity contribution in [1.82, 2.24) is 20.4 Å². The van der Waals surface area contributed by atoms with Crippen LogP contribution < -0.4 is 5.32 Å². The van der Waals surface area contributed by atoms with Crippen LogP contribution in [0.1, 0.15) is 6.92 Å². The average Bonchev–Trinajstić information content (AvgIpc) is 3.16. The standard InChI is InChI=1S/C14H13FN4O3S/c1-8(12(20)19-7-6-16-13(19)21)23-14-18-17-11(22-14)9-2-4-10(15)5-3-9/h2-5,8H,6-7H2,1H3,(H,16,21)/t8-/m1/s1. The van der Waals surface area contributed by atoms with Gasteiger partial charge in [0.25, 0.3) is 5.22 Å². The number of hydrogen-bond acceptors (Lipinski definition) is 6. The summed E-state index contributed by atoms with van der Waals surface area (Å²) in [4.78, 5) is 24.8. The maximum absolute atomic E-state index is 12.9. The lowest BCUT2D eigenvalue weighted by molar-refractivity contribution is -0.126. The van der Waals surface area contributed by atoms with Crippen molar-refractivity contribution < 1.29 is 18.4 Å². The van der Waals surface area contributed by atoms with Crippen LogP contribution in [-0.4, -0.2) is 45.4 Å². The summed E-state index contributed by atoms with van der Waals surface area (Å²) in [5, 5.41) is 9.99. The first-order valence-corrected chi connectivity index (χ1v) is 7.78. The fourth-order valence-electron chi connectivity index (χ4n) is 2.07. The highest BCUT2D eigenvalue weighted by Crippen LogP contribution is 2.27. The zero-order valence-corrected chi connectivity index (χ0v) is 13.0. The van der Waals surface area contributed by atoms with Gasteiger partial charge >= 0.3 is 6.03 Å². The van der Waals surface area contributed by atoms with E-state index in [0.29, 0.717) is 18.7 Å². The lowest BCUT2D eigenvalue weighted by atomic mass is 10.2. The number of hydrogen-bond donors (Lipinski definition) is 1. The molecule has 3 rings (SSSR count). The summed E-state index contributed by atoms with van der Waals surface area (Å²) in [6, 6.07) is 5.26. The SMILES string of the molecule is C[C@@H](Sc1nnc(-c2ccc(F)cc2)o1)C(=O)N1CCNC1=O. The van der Waals surface area contributed by atoms with Crippen molar-refractivity contribution in [3.8, 4) is 11.5 Å². The number of carbonyl (C=O) groups is 2. The highest BCUT2D eigenvalue weighted by Gasteiger charge is 2.31. The van der Waals surface area contributed by atoms with Crippen molar-refractivity contribution in [2.45, 2.75) is 17.4 Å². The Bertz CT molecular complexity index is 734. The largest absolute Gasteiger partial charge is 0.411 e. The molecule has 1 aliphatic rings. The van der Waals surface area contributed by atoms with Crippen LogP contribution >= 0.6 is 11.8 Å². The van der Waals surface area contributed by atoms with Crippen molar-refractivity contribution >= 4 is 23.7 Å². The topological polar surface area (TPSA) is 88.3 Å². The van der Waals surface area contributed by atoms with Crippen LogP contribution in [0.15, 0.2) is 33.9 Å². The lowest BCUT2D eigenvalue weighted by Gasteiger charge is -2.15. The number of nitrogens with zero attached hydrogens (tertiary/aromatic N) is 3. The van der Waals surface area contributed by atoms with Crippen LogP contribution in [0.2, 0.25) is 0 Å². The minimum atomic E-state index is -0.541. The molecule has 0 bridgehead atoms. The van der Waals surface area contributed by atoms with E-state index in [1.54, 1.807) is 6.92 Å². The predicted molar refractivity (Wildman–Crippen MR) is 80.1 cm³/mol. The Kier molecular flexibility index (Phi) is 4.28. The Morgan fingerprint density at radius 2 is 2.13 bits per heavy atom. The van der Waals surface area contributed by atoms with Crippen LogP contribution in [0.3, 0.4) is 0 Å². The third kappa shape index (κ3) is 3.34. The molecule has 1 aromatic heterocycles. The van der Waals surface area contributed by atoms with Crippen LogP contribution in [0, 0.1) is 5.82 Å². The second-order valence-corrected chi connectivity index (χ2v) is 6.15. The average molecular weight is 336 g/mol. The Hall–Kier alpha value is -2.42. The number of thioether (sulfide) groups is 1. The highest BCUT2D eigenvalue weighted by atomic mass is 32.2. The molecule has 1 aliphatic heterocycles. The molecule has 0 aliphatic carbocycles. The molecule has 3 amide bonds. The van der Waals surface area contributed by atoms with Gasteiger partial charge in [-0.3, -0.25) is 9.69 Å². The molecular weight excluding hydrogens is 323 g/mol. The number of aromatic nitrogens is 2. The van der Waals surface area contributed by atoms with Crippen molar-refractivity contribution in [2.75, 3.05) is 13.1 Å². The van der Waals surface area contributed by atoms with E-state index in [0.717, 1.165) is 16.7 Å². The summed E-state index contributed by atoms with van der Waals surface area (Å²) in [5.41, 5.74) is 0.587. The molecule has 0 radical (unpaired) electrons. The first kappa shape index (κ1) is 15.5. The smallest absolute Gasteiger partial charge is 0.324 e. The molecule has 9 heteroatoms. The summed E-state index contributed by atoms with van der Waals surface area (Å²) in [5.74, 6) is -0.427. The van der Waals surface area contributed by atoms with Gasteiger partial charge in [0, 0.05) is 18.7 Å². The number of nitrogens with one attached hydrogen (secondary N) is 1. The van der Waals surface area contributed by atoms with Gasteiger partial charge in [-0.25, -0.2) is 9.18 Å². The molecule has 1 aromatic carbocycles. The summed E-state index contributed by atoms with van der Waals surface area (Å²) in [6.45, 7) is 2.48. The zero-order valence-electron chi connectivity index (χ0n) is 12.2. The molecule has 2 aromatic rings. The van der Waals surface area contributed by atoms with Gasteiger partial charge < -0.3 is 9.73 Å². The van der Waals surface area contributed by atoms with E-state index < -0.39 is 5.25 Å². The normalized spacial score (nSPS) is 15.6. The molecule has 1 fully saturated rings. The minimum Gasteiger partial charge on any atom is -0.411 e. The van der Waals surface area contributed by atoms with Crippen LogP contribution in [0.25, 0.3) is 11.5 Å². The molecule has 120 valence electrons. The number of halogens is 1. The van der Waals surface area contributed by atoms with Crippen LogP contribution in [0.4, 0.5) is 9.18 Å². The number of amides is 3. The number of urea groups is 1. The quantitative estimate of drug-likeness (QED) is 0.858. The van der Waals surface area contributed by atoms with Crippen molar-refractivity contribution in [2.24, 2.45) is 0 Å². The third-order valence-corrected chi connectivity index (χ3v) is 4.17. The molecule has 1 N–H and O–H groups in total. The molecule has 1 saturated heterocycles. The Labute approximate surface area is 135 Å². The molecule has 2 heterocycles. The van der Waals surface area contributed by atoms with E-state index in [2.05, 4.69) is 15.5 Å². The molecule has 0 unspecified atom stereocenters. The van der Waals surface area contributed by atoms with Gasteiger partial charge in [-0.05, 0) is 31.2 Å². The maximum Gasteiger partial charge on any atom is 0.324 e. The third-order valence-electron chi connectivity index (χ3n) is 3.25. The molecule has 0 spiro atoms. The number of carbonyl (C=O) groups excluding carboxylic acids is 2. The van der Waals surface area contributed by atoms with E-state index in [-0.39, 0.29) is 28.9 Å². The highest BCUT2D eigenvalue weighted by molar-refractivity contribution is 8.00. The molecule has 7 nitrogen and oxygen atoms in total. The number of imide groups is 1. The van der Waals surface area contributed by atoms with Crippen molar-refractivity contribution in [3.05, 3.63) is 30.1 Å². The molecule has 1 atom stereocenters. The first-order valence-electron chi connectivity index (χ1n) is 6.90. The van der Waals surface area contributed by atoms with Gasteiger partial charge in [0.15, 0.2) is 0 Å². The van der Waals surface area contributed by atoms with E-state index in [9.17, 15) is 14.0 Å². The Balaban J connectivity index is 1.67. The molecule has 23 heavy (non-hydrogen) atoms. The van der Waals surface area contributed by atoms with Crippen LogP contribution in [0.5, 0.6) is 0 Å². The van der Waals surface area contributed by atoms with E-state index >= 15 is 0 Å². The first-order chi connectivity index (χ1) is 11.0. The Morgan fingerprint density at radius 3 is 2.78 bits per heavy atom. The summed E-state index contributed by atoms with van der Waals surface area (Å²) in [6.07, 6.45) is 0. The number of rotatable bonds is 4. The lowest BCUT2D eigenvalue weighted by Crippen LogP contribution is -2.38. The maximum atomic E-state index is 12.9. The summed E-state index contributed by atoms with van der Waals surface area (Å²) in [7, 11) is 0. The predicted octanol–water partition coefficient (Wildman–Crippen LogP) is 1.91. The summed E-state index contributed by atoms with van der Waals surface area (Å²) < 4.78 is 18.4. The minimum absolute atomic E-state index is 0.213. The monoisotopic (exact) mass is 336 g/mol. The second-order valence-electron chi connectivity index (χ2n) is 4.86. The summed E-state index contributed by atoms with van der Waals surface area (Å²) >= 11 is 1.07. The molecular formula is C14H13FN4O3S. The van der Waals surface area contributed by atoms with Gasteiger partial charge in [0.2, 0.25) is 11.8 Å². The van der Waals surface area contributed by atoms with Gasteiger partial charge in [-0.2, -0.15) is 0 Å². The van der Waals surface area contributed by atoms with Gasteiger partial charge in [-0.15, -0.1) is 10.2 Å². The molecule has 0 saturated carbocycles. The van der Waals surface area contributed by atoms with Gasteiger partial charge in [0.1, 0.15) is 5.82 Å². The van der Waals surface area contributed by atoms with Crippen LogP contribution in [-0.2, 0) is 4.79 Å². The zero-order chi connectivity index (χ0) is 16.4. The van der Waals surface area contributed by atoms with E-state index in [1.807, 2.05) is 0 Å². The fourth-order valence-corrected chi connectivity index (χ4v) is 2.82. The van der Waals surface area contributed by atoms with Gasteiger partial charge in [0.05, 0.1) is 5.25 Å². The van der Waals surface area contributed by atoms with Gasteiger partial charge in [-0.1, -0.05) is 11.8 Å². The second kappa shape index (κ2) is 6.37. The van der Waals surface area contributed by atoms with E-state index in [1.165, 1.54) is 24.3 Å². The van der Waals surface area contributed by atoms with E-state index in [4.69, 9.17) is 4.42 Å². The Morgan fingerprint density at radius 1 is 1.39 bits per heavy atom. The van der Waals surface area contributed by atoms with Crippen molar-refractivity contribution in [1.29, 1.82) is 0 Å². The number of benzene rings is 1. The van der Waals surface area contributed by atoms with Crippen molar-refractivity contribution in [3.63, 3.8) is 0 Å². The fraction of sp³-hybridized carbons (Fsp3) is 0.286.